The van der Waals surface area contributed by atoms with E-state index in [2.05, 4.69) is 34.1 Å². The van der Waals surface area contributed by atoms with Crippen LogP contribution in [0.5, 0.6) is 0 Å². The summed E-state index contributed by atoms with van der Waals surface area (Å²) in [6, 6.07) is 15.9. The lowest BCUT2D eigenvalue weighted by Gasteiger charge is -2.28. The molecule has 34 heavy (non-hydrogen) atoms. The van der Waals surface area contributed by atoms with Crippen molar-refractivity contribution in [2.75, 3.05) is 36.1 Å². The zero-order chi connectivity index (χ0) is 23.5. The molecule has 7 nitrogen and oxygen atoms in total. The molecule has 1 saturated heterocycles. The van der Waals surface area contributed by atoms with Crippen molar-refractivity contribution in [2.24, 2.45) is 0 Å². The molecular formula is C26H24N4O3S. The number of morpholine rings is 1. The number of benzene rings is 2. The molecule has 3 heterocycles. The summed E-state index contributed by atoms with van der Waals surface area (Å²) in [5.74, 6) is 0.127. The lowest BCUT2D eigenvalue weighted by Crippen LogP contribution is -2.36. The van der Waals surface area contributed by atoms with Crippen molar-refractivity contribution in [3.8, 4) is 0 Å². The van der Waals surface area contributed by atoms with E-state index in [-0.39, 0.29) is 11.8 Å². The number of hydrogen-bond donors (Lipinski definition) is 0. The Bertz CT molecular complexity index is 1220. The Labute approximate surface area is 202 Å². The number of ether oxygens (including phenoxy) is 1. The maximum Gasteiger partial charge on any atom is 0.258 e. The largest absolute Gasteiger partial charge is 0.378 e. The highest BCUT2D eigenvalue weighted by molar-refractivity contribution is 7.99. The highest BCUT2D eigenvalue weighted by Crippen LogP contribution is 2.31. The first kappa shape index (κ1) is 22.3. The quantitative estimate of drug-likeness (QED) is 0.399. The number of nitrogens with zero attached hydrogens (tertiary/aromatic N) is 4. The fourth-order valence-corrected chi connectivity index (χ4v) is 4.77. The number of aryl methyl sites for hydroxylation is 1. The third-order valence-electron chi connectivity index (χ3n) is 5.77. The predicted molar refractivity (Wildman–Crippen MR) is 131 cm³/mol. The topological polar surface area (TPSA) is 75.6 Å². The number of anilines is 2. The first-order chi connectivity index (χ1) is 16.6. The summed E-state index contributed by atoms with van der Waals surface area (Å²) >= 11 is 1.54. The molecule has 0 radical (unpaired) electrons. The molecule has 1 aromatic heterocycles. The van der Waals surface area contributed by atoms with Crippen LogP contribution in [-0.4, -0.2) is 48.1 Å². The molecule has 0 spiro atoms. The van der Waals surface area contributed by atoms with Crippen molar-refractivity contribution in [2.45, 2.75) is 23.3 Å². The molecule has 0 saturated carbocycles. The first-order valence-electron chi connectivity index (χ1n) is 11.1. The second-order valence-electron chi connectivity index (χ2n) is 8.16. The van der Waals surface area contributed by atoms with Crippen molar-refractivity contribution < 1.29 is 14.3 Å². The maximum atomic E-state index is 11.9. The fourth-order valence-electron chi connectivity index (χ4n) is 3.91. The number of rotatable bonds is 6. The number of amides is 2. The van der Waals surface area contributed by atoms with Crippen LogP contribution in [0.2, 0.25) is 0 Å². The summed E-state index contributed by atoms with van der Waals surface area (Å²) in [6.45, 7) is 5.37. The average Bonchev–Trinajstić information content (AvgIpc) is 3.20. The van der Waals surface area contributed by atoms with Crippen molar-refractivity contribution in [3.63, 3.8) is 0 Å². The SMILES string of the molecule is Cc1cnc(Cc2ccc(N3CCOCC3)cc2)nc1Sc1ccc(N2C(=O)C=CC2=O)cc1. The molecule has 5 rings (SSSR count). The molecule has 2 amide bonds. The minimum Gasteiger partial charge on any atom is -0.378 e. The summed E-state index contributed by atoms with van der Waals surface area (Å²) in [7, 11) is 0. The van der Waals surface area contributed by atoms with Gasteiger partial charge in [-0.15, -0.1) is 0 Å². The Balaban J connectivity index is 1.26. The third-order valence-corrected chi connectivity index (χ3v) is 6.88. The Hall–Kier alpha value is -3.49. The lowest BCUT2D eigenvalue weighted by atomic mass is 10.1. The number of carbonyl (C=O) groups excluding carboxylic acids is 2. The lowest BCUT2D eigenvalue weighted by molar-refractivity contribution is -0.119. The van der Waals surface area contributed by atoms with Crippen LogP contribution in [0.15, 0.2) is 76.8 Å². The van der Waals surface area contributed by atoms with E-state index in [4.69, 9.17) is 9.72 Å². The van der Waals surface area contributed by atoms with E-state index in [1.54, 1.807) is 12.1 Å². The van der Waals surface area contributed by atoms with Gasteiger partial charge in [0.2, 0.25) is 0 Å². The van der Waals surface area contributed by atoms with Crippen LogP contribution in [0.3, 0.4) is 0 Å². The van der Waals surface area contributed by atoms with Gasteiger partial charge in [-0.1, -0.05) is 23.9 Å². The van der Waals surface area contributed by atoms with Crippen molar-refractivity contribution in [3.05, 3.63) is 83.8 Å². The van der Waals surface area contributed by atoms with Crippen LogP contribution < -0.4 is 9.80 Å². The van der Waals surface area contributed by atoms with Gasteiger partial charge in [0, 0.05) is 48.4 Å². The molecule has 1 fully saturated rings. The maximum absolute atomic E-state index is 11.9. The van der Waals surface area contributed by atoms with E-state index in [0.717, 1.165) is 58.1 Å². The molecule has 0 N–H and O–H groups in total. The van der Waals surface area contributed by atoms with Gasteiger partial charge in [0.1, 0.15) is 10.9 Å². The minimum atomic E-state index is -0.320. The van der Waals surface area contributed by atoms with Crippen molar-refractivity contribution in [1.82, 2.24) is 9.97 Å². The molecule has 0 bridgehead atoms. The number of imide groups is 1. The first-order valence-corrected chi connectivity index (χ1v) is 12.0. The standard InChI is InChI=1S/C26H24N4O3S/c1-18-17-27-23(16-19-2-4-20(5-3-19)29-12-14-33-15-13-29)28-26(18)34-22-8-6-21(7-9-22)30-24(31)10-11-25(30)32/h2-11,17H,12-16H2,1H3. The molecule has 0 atom stereocenters. The highest BCUT2D eigenvalue weighted by Gasteiger charge is 2.24. The smallest absolute Gasteiger partial charge is 0.258 e. The van der Waals surface area contributed by atoms with E-state index >= 15 is 0 Å². The van der Waals surface area contributed by atoms with E-state index in [1.807, 2.05) is 25.3 Å². The van der Waals surface area contributed by atoms with Crippen LogP contribution in [0.1, 0.15) is 17.0 Å². The Kier molecular flexibility index (Phi) is 6.42. The molecule has 172 valence electrons. The molecule has 2 aromatic carbocycles. The van der Waals surface area contributed by atoms with Gasteiger partial charge in [-0.25, -0.2) is 14.9 Å². The fraction of sp³-hybridized carbons (Fsp3) is 0.231. The summed E-state index contributed by atoms with van der Waals surface area (Å²) in [4.78, 5) is 37.6. The van der Waals surface area contributed by atoms with Crippen molar-refractivity contribution >= 4 is 35.0 Å². The van der Waals surface area contributed by atoms with Crippen LogP contribution in [0.25, 0.3) is 0 Å². The highest BCUT2D eigenvalue weighted by atomic mass is 32.2. The second kappa shape index (κ2) is 9.79. The third kappa shape index (κ3) is 4.88. The van der Waals surface area contributed by atoms with E-state index in [0.29, 0.717) is 12.1 Å². The van der Waals surface area contributed by atoms with Gasteiger partial charge in [0.25, 0.3) is 11.8 Å². The second-order valence-corrected chi connectivity index (χ2v) is 9.22. The summed E-state index contributed by atoms with van der Waals surface area (Å²) < 4.78 is 5.43. The predicted octanol–water partition coefficient (Wildman–Crippen LogP) is 3.79. The molecule has 2 aliphatic heterocycles. The number of aromatic nitrogens is 2. The van der Waals surface area contributed by atoms with E-state index in [1.165, 1.54) is 29.6 Å². The molecule has 0 aliphatic carbocycles. The normalized spacial score (nSPS) is 15.9. The zero-order valence-corrected chi connectivity index (χ0v) is 19.6. The van der Waals surface area contributed by atoms with Gasteiger partial charge in [0.15, 0.2) is 0 Å². The van der Waals surface area contributed by atoms with Gasteiger partial charge in [-0.2, -0.15) is 0 Å². The van der Waals surface area contributed by atoms with E-state index in [9.17, 15) is 9.59 Å². The van der Waals surface area contributed by atoms with Gasteiger partial charge < -0.3 is 9.64 Å². The van der Waals surface area contributed by atoms with Gasteiger partial charge >= 0.3 is 0 Å². The number of hydrogen-bond acceptors (Lipinski definition) is 7. The van der Waals surface area contributed by atoms with Crippen LogP contribution in [0.4, 0.5) is 11.4 Å². The van der Waals surface area contributed by atoms with Gasteiger partial charge in [0.05, 0.1) is 18.9 Å². The van der Waals surface area contributed by atoms with Crippen LogP contribution >= 0.6 is 11.8 Å². The Morgan fingerprint density at radius 2 is 1.56 bits per heavy atom. The summed E-state index contributed by atoms with van der Waals surface area (Å²) in [5.41, 5.74) is 3.93. The monoisotopic (exact) mass is 472 g/mol. The summed E-state index contributed by atoms with van der Waals surface area (Å²) in [6.07, 6.45) is 5.08. The van der Waals surface area contributed by atoms with Gasteiger partial charge in [-0.3, -0.25) is 9.59 Å². The number of carbonyl (C=O) groups is 2. The minimum absolute atomic E-state index is 0.320. The van der Waals surface area contributed by atoms with Crippen molar-refractivity contribution in [1.29, 1.82) is 0 Å². The molecule has 0 unspecified atom stereocenters. The van der Waals surface area contributed by atoms with Crippen LogP contribution in [0, 0.1) is 6.92 Å². The summed E-state index contributed by atoms with van der Waals surface area (Å²) in [5, 5.41) is 0.887. The Morgan fingerprint density at radius 1 is 0.912 bits per heavy atom. The molecular weight excluding hydrogens is 448 g/mol. The molecule has 8 heteroatoms. The molecule has 3 aromatic rings. The van der Waals surface area contributed by atoms with Crippen LogP contribution in [-0.2, 0) is 20.7 Å². The zero-order valence-electron chi connectivity index (χ0n) is 18.8. The Morgan fingerprint density at radius 3 is 2.24 bits per heavy atom. The van der Waals surface area contributed by atoms with Gasteiger partial charge in [-0.05, 0) is 54.4 Å². The average molecular weight is 473 g/mol. The van der Waals surface area contributed by atoms with E-state index < -0.39 is 0 Å². The molecule has 2 aliphatic rings.